The molecule has 0 aliphatic rings. The average molecular weight is 176 g/mol. The molecule has 0 aliphatic carbocycles. The van der Waals surface area contributed by atoms with Crippen molar-refractivity contribution in [1.29, 1.82) is 0 Å². The van der Waals surface area contributed by atoms with Crippen molar-refractivity contribution in [3.63, 3.8) is 0 Å². The van der Waals surface area contributed by atoms with Gasteiger partial charge in [0.2, 0.25) is 0 Å². The first-order valence-electron chi connectivity index (χ1n) is 3.75. The highest BCUT2D eigenvalue weighted by atomic mass is 17.1. The zero-order chi connectivity index (χ0) is 9.99. The third-order valence-corrected chi connectivity index (χ3v) is 2.22. The van der Waals surface area contributed by atoms with Gasteiger partial charge in [-0.2, -0.15) is 5.26 Å². The topological polar surface area (TPSA) is 55.8 Å². The second kappa shape index (κ2) is 3.31. The van der Waals surface area contributed by atoms with E-state index in [4.69, 9.17) is 9.99 Å². The van der Waals surface area contributed by atoms with Crippen molar-refractivity contribution in [2.75, 3.05) is 0 Å². The Kier molecular flexibility index (Phi) is 3.10. The van der Waals surface area contributed by atoms with Crippen LogP contribution in [0.15, 0.2) is 0 Å². The van der Waals surface area contributed by atoms with Crippen LogP contribution in [0.4, 0.5) is 4.79 Å². The molecule has 0 atom stereocenters. The molecule has 0 aliphatic heterocycles. The SMILES string of the molecule is CC(C)(C)C(C)(C)OC(=O)OO. The highest BCUT2D eigenvalue weighted by Gasteiger charge is 2.37. The number of hydrogen-bond acceptors (Lipinski definition) is 4. The minimum atomic E-state index is -1.07. The Hall–Kier alpha value is -0.770. The Morgan fingerprint density at radius 1 is 1.17 bits per heavy atom. The van der Waals surface area contributed by atoms with Crippen molar-refractivity contribution in [2.45, 2.75) is 40.2 Å². The summed E-state index contributed by atoms with van der Waals surface area (Å²) in [6.45, 7) is 9.29. The van der Waals surface area contributed by atoms with Gasteiger partial charge in [0, 0.05) is 5.41 Å². The summed E-state index contributed by atoms with van der Waals surface area (Å²) in [5, 5.41) is 7.99. The molecule has 0 spiro atoms. The number of ether oxygens (including phenoxy) is 1. The van der Waals surface area contributed by atoms with Crippen LogP contribution >= 0.6 is 0 Å². The molecule has 0 bridgehead atoms. The standard InChI is InChI=1S/C8H16O4/c1-7(2,3)8(4,5)11-6(9)12-10/h10H,1-5H3. The summed E-state index contributed by atoms with van der Waals surface area (Å²) in [6.07, 6.45) is -1.07. The molecule has 0 fully saturated rings. The van der Waals surface area contributed by atoms with Crippen LogP contribution in [0, 0.1) is 5.41 Å². The summed E-state index contributed by atoms with van der Waals surface area (Å²) < 4.78 is 4.84. The summed E-state index contributed by atoms with van der Waals surface area (Å²) in [7, 11) is 0. The van der Waals surface area contributed by atoms with Crippen LogP contribution in [0.5, 0.6) is 0 Å². The normalized spacial score (nSPS) is 12.5. The highest BCUT2D eigenvalue weighted by Crippen LogP contribution is 2.33. The smallest absolute Gasteiger partial charge is 0.426 e. The third-order valence-electron chi connectivity index (χ3n) is 2.22. The van der Waals surface area contributed by atoms with Gasteiger partial charge in [-0.1, -0.05) is 20.8 Å². The van der Waals surface area contributed by atoms with E-state index in [0.717, 1.165) is 0 Å². The fourth-order valence-electron chi connectivity index (χ4n) is 0.380. The van der Waals surface area contributed by atoms with Gasteiger partial charge in [0.15, 0.2) is 0 Å². The monoisotopic (exact) mass is 176 g/mol. The van der Waals surface area contributed by atoms with E-state index < -0.39 is 11.8 Å². The Labute approximate surface area is 72.4 Å². The van der Waals surface area contributed by atoms with Gasteiger partial charge in [0.05, 0.1) is 0 Å². The summed E-state index contributed by atoms with van der Waals surface area (Å²) in [5.74, 6) is 0. The maximum absolute atomic E-state index is 10.6. The molecule has 4 heteroatoms. The Balaban J connectivity index is 4.33. The van der Waals surface area contributed by atoms with Crippen LogP contribution in [-0.4, -0.2) is 17.0 Å². The molecule has 12 heavy (non-hydrogen) atoms. The van der Waals surface area contributed by atoms with Crippen molar-refractivity contribution < 1.29 is 19.7 Å². The van der Waals surface area contributed by atoms with E-state index in [0.29, 0.717) is 0 Å². The first kappa shape index (κ1) is 11.2. The molecular weight excluding hydrogens is 160 g/mol. The molecule has 0 radical (unpaired) electrons. The molecule has 1 N–H and O–H groups in total. The molecule has 0 aromatic heterocycles. The van der Waals surface area contributed by atoms with Crippen molar-refractivity contribution in [3.8, 4) is 0 Å². The summed E-state index contributed by atoms with van der Waals surface area (Å²) in [4.78, 5) is 14.0. The van der Waals surface area contributed by atoms with E-state index in [-0.39, 0.29) is 5.41 Å². The summed E-state index contributed by atoms with van der Waals surface area (Å²) >= 11 is 0. The van der Waals surface area contributed by atoms with E-state index in [1.54, 1.807) is 13.8 Å². The second-order valence-electron chi connectivity index (χ2n) is 4.20. The second-order valence-corrected chi connectivity index (χ2v) is 4.20. The van der Waals surface area contributed by atoms with Crippen molar-refractivity contribution in [1.82, 2.24) is 0 Å². The summed E-state index contributed by atoms with van der Waals surface area (Å²) in [6, 6.07) is 0. The Bertz CT molecular complexity index is 166. The molecule has 0 unspecified atom stereocenters. The molecule has 0 aromatic rings. The molecule has 72 valence electrons. The molecular formula is C8H16O4. The average Bonchev–Trinajstić information content (AvgIpc) is 1.84. The maximum Gasteiger partial charge on any atom is 0.540 e. The van der Waals surface area contributed by atoms with Crippen LogP contribution in [0.2, 0.25) is 0 Å². The van der Waals surface area contributed by atoms with E-state index in [2.05, 4.69) is 4.89 Å². The molecule has 0 saturated heterocycles. The first-order chi connectivity index (χ1) is 5.20. The lowest BCUT2D eigenvalue weighted by Crippen LogP contribution is -2.41. The van der Waals surface area contributed by atoms with Crippen LogP contribution in [0.3, 0.4) is 0 Å². The van der Waals surface area contributed by atoms with E-state index in [1.807, 2.05) is 20.8 Å². The van der Waals surface area contributed by atoms with Gasteiger partial charge in [-0.15, -0.1) is 0 Å². The van der Waals surface area contributed by atoms with Gasteiger partial charge in [-0.05, 0) is 13.8 Å². The first-order valence-corrected chi connectivity index (χ1v) is 3.75. The number of rotatable bonds is 1. The predicted molar refractivity (Wildman–Crippen MR) is 43.7 cm³/mol. The lowest BCUT2D eigenvalue weighted by molar-refractivity contribution is -0.218. The van der Waals surface area contributed by atoms with Gasteiger partial charge < -0.3 is 4.74 Å². The zero-order valence-corrected chi connectivity index (χ0v) is 8.17. The highest BCUT2D eigenvalue weighted by molar-refractivity contribution is 5.59. The molecule has 4 nitrogen and oxygen atoms in total. The lowest BCUT2D eigenvalue weighted by atomic mass is 9.79. The fraction of sp³-hybridized carbons (Fsp3) is 0.875. The predicted octanol–water partition coefficient (Wildman–Crippen LogP) is 2.44. The van der Waals surface area contributed by atoms with E-state index in [9.17, 15) is 4.79 Å². The van der Waals surface area contributed by atoms with E-state index >= 15 is 0 Å². The maximum atomic E-state index is 10.6. The minimum Gasteiger partial charge on any atom is -0.426 e. The molecule has 0 aromatic carbocycles. The van der Waals surface area contributed by atoms with Crippen LogP contribution < -0.4 is 0 Å². The van der Waals surface area contributed by atoms with Gasteiger partial charge in [-0.3, -0.25) is 4.89 Å². The molecule has 0 heterocycles. The van der Waals surface area contributed by atoms with Crippen molar-refractivity contribution in [2.24, 2.45) is 5.41 Å². The molecule has 0 amide bonds. The lowest BCUT2D eigenvalue weighted by Gasteiger charge is -2.36. The van der Waals surface area contributed by atoms with Crippen LogP contribution in [0.1, 0.15) is 34.6 Å². The van der Waals surface area contributed by atoms with Crippen LogP contribution in [-0.2, 0) is 9.62 Å². The van der Waals surface area contributed by atoms with Crippen molar-refractivity contribution >= 4 is 6.16 Å². The van der Waals surface area contributed by atoms with Gasteiger partial charge in [0.25, 0.3) is 0 Å². The summed E-state index contributed by atoms with van der Waals surface area (Å²) in [5.41, 5.74) is -0.881. The van der Waals surface area contributed by atoms with Gasteiger partial charge >= 0.3 is 6.16 Å². The Morgan fingerprint density at radius 3 is 1.83 bits per heavy atom. The Morgan fingerprint density at radius 2 is 1.58 bits per heavy atom. The molecule has 0 saturated carbocycles. The molecule has 0 rings (SSSR count). The number of carbonyl (C=O) groups excluding carboxylic acids is 1. The van der Waals surface area contributed by atoms with Crippen LogP contribution in [0.25, 0.3) is 0 Å². The minimum absolute atomic E-state index is 0.207. The third kappa shape index (κ3) is 2.70. The van der Waals surface area contributed by atoms with Gasteiger partial charge in [0.1, 0.15) is 5.60 Å². The van der Waals surface area contributed by atoms with Gasteiger partial charge in [-0.25, -0.2) is 4.79 Å². The fourth-order valence-corrected chi connectivity index (χ4v) is 0.380. The number of carbonyl (C=O) groups is 1. The largest absolute Gasteiger partial charge is 0.540 e. The van der Waals surface area contributed by atoms with Crippen molar-refractivity contribution in [3.05, 3.63) is 0 Å². The zero-order valence-electron chi connectivity index (χ0n) is 8.17. The number of hydrogen-bond donors (Lipinski definition) is 1. The van der Waals surface area contributed by atoms with E-state index in [1.165, 1.54) is 0 Å². The quantitative estimate of drug-likeness (QED) is 0.378.